The number of nitrogens with one attached hydrogen (secondary N) is 1. The van der Waals surface area contributed by atoms with Crippen molar-refractivity contribution in [3.8, 4) is 11.8 Å². The number of hydrogen-bond donors (Lipinski definition) is 2. The third kappa shape index (κ3) is 4.79. The van der Waals surface area contributed by atoms with Crippen LogP contribution >= 0.6 is 0 Å². The highest BCUT2D eigenvalue weighted by atomic mass is 16.5. The number of aromatic nitrogens is 1. The number of carbonyl (C=O) groups excluding carboxylic acids is 1. The molecule has 0 aliphatic carbocycles. The van der Waals surface area contributed by atoms with Crippen LogP contribution in [-0.4, -0.2) is 21.8 Å². The third-order valence-electron chi connectivity index (χ3n) is 2.56. The molecule has 21 heavy (non-hydrogen) atoms. The Balaban J connectivity index is 2.05. The summed E-state index contributed by atoms with van der Waals surface area (Å²) in [6.07, 6.45) is 1.45. The van der Waals surface area contributed by atoms with Gasteiger partial charge >= 0.3 is 0 Å². The van der Waals surface area contributed by atoms with Gasteiger partial charge in [-0.25, -0.2) is 0 Å². The highest BCUT2D eigenvalue weighted by Crippen LogP contribution is 2.06. The summed E-state index contributed by atoms with van der Waals surface area (Å²) in [5.41, 5.74) is 0.763. The number of rotatable bonds is 3. The Kier molecular flexibility index (Phi) is 4.41. The van der Waals surface area contributed by atoms with Crippen LogP contribution in [-0.2, 0) is 6.54 Å². The van der Waals surface area contributed by atoms with Crippen LogP contribution in [0, 0.1) is 11.8 Å². The van der Waals surface area contributed by atoms with Crippen LogP contribution in [0.5, 0.6) is 0 Å². The summed E-state index contributed by atoms with van der Waals surface area (Å²) < 4.78 is 4.69. The van der Waals surface area contributed by atoms with Gasteiger partial charge in [0, 0.05) is 17.2 Å². The van der Waals surface area contributed by atoms with Crippen molar-refractivity contribution in [2.45, 2.75) is 26.0 Å². The van der Waals surface area contributed by atoms with Crippen LogP contribution in [0.15, 0.2) is 41.1 Å². The smallest absolute Gasteiger partial charge is 0.251 e. The van der Waals surface area contributed by atoms with Gasteiger partial charge in [0.1, 0.15) is 17.6 Å². The molecule has 1 aromatic carbocycles. The van der Waals surface area contributed by atoms with Gasteiger partial charge in [0.2, 0.25) is 0 Å². The van der Waals surface area contributed by atoms with E-state index in [-0.39, 0.29) is 5.91 Å². The van der Waals surface area contributed by atoms with Gasteiger partial charge < -0.3 is 14.9 Å². The van der Waals surface area contributed by atoms with E-state index in [0.717, 1.165) is 0 Å². The monoisotopic (exact) mass is 284 g/mol. The lowest BCUT2D eigenvalue weighted by Crippen LogP contribution is -2.22. The van der Waals surface area contributed by atoms with Crippen molar-refractivity contribution in [1.29, 1.82) is 0 Å². The van der Waals surface area contributed by atoms with Crippen molar-refractivity contribution < 1.29 is 14.4 Å². The Bertz CT molecular complexity index is 674. The van der Waals surface area contributed by atoms with E-state index in [2.05, 4.69) is 22.3 Å². The third-order valence-corrected chi connectivity index (χ3v) is 2.56. The van der Waals surface area contributed by atoms with Crippen molar-refractivity contribution in [3.63, 3.8) is 0 Å². The predicted molar refractivity (Wildman–Crippen MR) is 77.3 cm³/mol. The summed E-state index contributed by atoms with van der Waals surface area (Å²) in [5, 5.41) is 16.0. The first kappa shape index (κ1) is 14.8. The number of benzene rings is 1. The molecule has 0 aliphatic rings. The fourth-order valence-electron chi connectivity index (χ4n) is 1.56. The minimum Gasteiger partial charge on any atom is -0.378 e. The molecule has 0 fully saturated rings. The summed E-state index contributed by atoms with van der Waals surface area (Å²) in [5.74, 6) is 5.33. The molecule has 2 aromatic rings. The minimum atomic E-state index is -1.06. The molecule has 0 unspecified atom stereocenters. The Morgan fingerprint density at radius 3 is 2.90 bits per heavy atom. The average molecular weight is 284 g/mol. The quantitative estimate of drug-likeness (QED) is 0.842. The Morgan fingerprint density at radius 1 is 1.43 bits per heavy atom. The van der Waals surface area contributed by atoms with Crippen molar-refractivity contribution in [3.05, 3.63) is 53.4 Å². The summed E-state index contributed by atoms with van der Waals surface area (Å²) in [6, 6.07) is 8.60. The second-order valence-corrected chi connectivity index (χ2v) is 5.06. The molecule has 2 rings (SSSR count). The van der Waals surface area contributed by atoms with Crippen LogP contribution in [0.1, 0.15) is 35.5 Å². The van der Waals surface area contributed by atoms with Crippen LogP contribution in [0.2, 0.25) is 0 Å². The Hall–Kier alpha value is -2.58. The van der Waals surface area contributed by atoms with E-state index in [4.69, 9.17) is 4.52 Å². The first-order valence-corrected chi connectivity index (χ1v) is 6.47. The van der Waals surface area contributed by atoms with Crippen LogP contribution in [0.25, 0.3) is 0 Å². The largest absolute Gasteiger partial charge is 0.378 e. The molecule has 2 N–H and O–H groups in total. The molecule has 0 radical (unpaired) electrons. The van der Waals surface area contributed by atoms with Crippen molar-refractivity contribution in [2.75, 3.05) is 0 Å². The molecule has 1 heterocycles. The normalized spacial score (nSPS) is 10.6. The zero-order valence-electron chi connectivity index (χ0n) is 11.9. The maximum Gasteiger partial charge on any atom is 0.251 e. The summed E-state index contributed by atoms with van der Waals surface area (Å²) in [4.78, 5) is 12.0. The molecule has 5 heteroatoms. The minimum absolute atomic E-state index is 0.218. The molecule has 0 atom stereocenters. The van der Waals surface area contributed by atoms with Crippen LogP contribution in [0.3, 0.4) is 0 Å². The molecular formula is C16H16N2O3. The molecule has 0 bridgehead atoms. The van der Waals surface area contributed by atoms with Crippen molar-refractivity contribution in [1.82, 2.24) is 10.5 Å². The summed E-state index contributed by atoms with van der Waals surface area (Å²) in [7, 11) is 0. The average Bonchev–Trinajstić information content (AvgIpc) is 2.95. The Morgan fingerprint density at radius 2 is 2.24 bits per heavy atom. The SMILES string of the molecule is CC(C)(O)C#Cc1cccc(C(=O)NCc2ccon2)c1. The van der Waals surface area contributed by atoms with Gasteiger partial charge in [-0.3, -0.25) is 4.79 Å². The number of hydrogen-bond acceptors (Lipinski definition) is 4. The van der Waals surface area contributed by atoms with E-state index >= 15 is 0 Å². The first-order chi connectivity index (χ1) is 9.94. The fraction of sp³-hybridized carbons (Fsp3) is 0.250. The number of aliphatic hydroxyl groups is 1. The van der Waals surface area contributed by atoms with E-state index in [1.165, 1.54) is 6.26 Å². The molecule has 5 nitrogen and oxygen atoms in total. The Labute approximate surface area is 123 Å². The van der Waals surface area contributed by atoms with E-state index in [1.54, 1.807) is 44.2 Å². The molecular weight excluding hydrogens is 268 g/mol. The molecule has 1 aromatic heterocycles. The van der Waals surface area contributed by atoms with E-state index in [0.29, 0.717) is 23.4 Å². The van der Waals surface area contributed by atoms with Gasteiger partial charge in [0.15, 0.2) is 0 Å². The standard InChI is InChI=1S/C16H16N2O3/c1-16(2,20)8-6-12-4-3-5-13(10-12)15(19)17-11-14-7-9-21-18-14/h3-5,7,9-10,20H,11H2,1-2H3,(H,17,19). The zero-order chi connectivity index (χ0) is 15.3. The topological polar surface area (TPSA) is 75.4 Å². The first-order valence-electron chi connectivity index (χ1n) is 6.47. The highest BCUT2D eigenvalue weighted by molar-refractivity contribution is 5.94. The molecule has 0 spiro atoms. The van der Waals surface area contributed by atoms with Gasteiger partial charge in [0.25, 0.3) is 5.91 Å². The van der Waals surface area contributed by atoms with Gasteiger partial charge in [0.05, 0.1) is 6.54 Å². The van der Waals surface area contributed by atoms with E-state index in [1.807, 2.05) is 0 Å². The second kappa shape index (κ2) is 6.25. The zero-order valence-corrected chi connectivity index (χ0v) is 11.9. The molecule has 0 aliphatic heterocycles. The number of amides is 1. The van der Waals surface area contributed by atoms with Gasteiger partial charge in [-0.15, -0.1) is 0 Å². The van der Waals surface area contributed by atoms with Crippen molar-refractivity contribution in [2.24, 2.45) is 0 Å². The second-order valence-electron chi connectivity index (χ2n) is 5.06. The lowest BCUT2D eigenvalue weighted by Gasteiger charge is -2.06. The molecule has 0 saturated carbocycles. The lowest BCUT2D eigenvalue weighted by molar-refractivity contribution is 0.0950. The lowest BCUT2D eigenvalue weighted by atomic mass is 10.1. The van der Waals surface area contributed by atoms with Crippen molar-refractivity contribution >= 4 is 5.91 Å². The molecule has 1 amide bonds. The molecule has 108 valence electrons. The number of carbonyl (C=O) groups is 1. The van der Waals surface area contributed by atoms with Gasteiger partial charge in [-0.05, 0) is 32.0 Å². The van der Waals surface area contributed by atoms with Gasteiger partial charge in [-0.1, -0.05) is 23.1 Å². The van der Waals surface area contributed by atoms with E-state index < -0.39 is 5.60 Å². The van der Waals surface area contributed by atoms with Crippen LogP contribution in [0.4, 0.5) is 0 Å². The summed E-state index contributed by atoms with van der Waals surface area (Å²) >= 11 is 0. The molecule has 0 saturated heterocycles. The maximum absolute atomic E-state index is 12.0. The van der Waals surface area contributed by atoms with Crippen LogP contribution < -0.4 is 5.32 Å². The summed E-state index contributed by atoms with van der Waals surface area (Å²) in [6.45, 7) is 3.51. The fourth-order valence-corrected chi connectivity index (χ4v) is 1.56. The predicted octanol–water partition coefficient (Wildman–Crippen LogP) is 1.73. The highest BCUT2D eigenvalue weighted by Gasteiger charge is 2.08. The van der Waals surface area contributed by atoms with Gasteiger partial charge in [-0.2, -0.15) is 0 Å². The number of nitrogens with zero attached hydrogens (tertiary/aromatic N) is 1. The van der Waals surface area contributed by atoms with E-state index in [9.17, 15) is 9.90 Å². The maximum atomic E-state index is 12.0.